The first-order valence-corrected chi connectivity index (χ1v) is 8.53. The van der Waals surface area contributed by atoms with E-state index < -0.39 is 11.7 Å². The van der Waals surface area contributed by atoms with Crippen LogP contribution in [0, 0.1) is 0 Å². The molecule has 0 aliphatic heterocycles. The van der Waals surface area contributed by atoms with E-state index in [2.05, 4.69) is 10.6 Å². The van der Waals surface area contributed by atoms with Crippen molar-refractivity contribution in [3.63, 3.8) is 0 Å². The molecule has 0 saturated heterocycles. The summed E-state index contributed by atoms with van der Waals surface area (Å²) in [6, 6.07) is 4.42. The van der Waals surface area contributed by atoms with E-state index in [1.807, 2.05) is 0 Å². The van der Waals surface area contributed by atoms with Gasteiger partial charge in [-0.1, -0.05) is 11.6 Å². The van der Waals surface area contributed by atoms with Crippen LogP contribution in [0.1, 0.15) is 20.8 Å². The number of hydrogen-bond acceptors (Lipinski definition) is 5. The Morgan fingerprint density at radius 2 is 2.04 bits per heavy atom. The van der Waals surface area contributed by atoms with Gasteiger partial charge >= 0.3 is 6.09 Å². The molecule has 0 bridgehead atoms. The molecule has 1 rings (SSSR count). The highest BCUT2D eigenvalue weighted by Gasteiger charge is 2.15. The molecule has 0 atom stereocenters. The summed E-state index contributed by atoms with van der Waals surface area (Å²) in [5.41, 5.74) is -0.259. The van der Waals surface area contributed by atoms with Crippen LogP contribution < -0.4 is 10.6 Å². The number of phenols is 1. The van der Waals surface area contributed by atoms with Gasteiger partial charge in [-0.3, -0.25) is 4.79 Å². The van der Waals surface area contributed by atoms with E-state index in [1.54, 1.807) is 20.8 Å². The van der Waals surface area contributed by atoms with Crippen molar-refractivity contribution in [3.8, 4) is 5.75 Å². The van der Waals surface area contributed by atoms with Gasteiger partial charge in [0.05, 0.1) is 11.4 Å². The first-order chi connectivity index (χ1) is 10.7. The maximum absolute atomic E-state index is 11.8. The number of hydrogen-bond donors (Lipinski definition) is 3. The summed E-state index contributed by atoms with van der Waals surface area (Å²) in [4.78, 5) is 23.2. The molecule has 0 fully saturated rings. The number of alkyl carbamates (subject to hydrolysis) is 1. The van der Waals surface area contributed by atoms with Gasteiger partial charge in [-0.25, -0.2) is 4.79 Å². The van der Waals surface area contributed by atoms with Crippen molar-refractivity contribution in [1.82, 2.24) is 5.32 Å². The fraction of sp³-hybridized carbons (Fsp3) is 0.467. The summed E-state index contributed by atoms with van der Waals surface area (Å²) in [5.74, 6) is 0.458. The van der Waals surface area contributed by atoms with Gasteiger partial charge in [-0.05, 0) is 39.0 Å². The molecule has 1 aromatic rings. The SMILES string of the molecule is CC(C)(C)OC(=O)NCCSCC(=O)Nc1cc(Cl)ccc1O. The highest BCUT2D eigenvalue weighted by Crippen LogP contribution is 2.26. The zero-order chi connectivity index (χ0) is 17.5. The molecule has 1 aromatic carbocycles. The highest BCUT2D eigenvalue weighted by molar-refractivity contribution is 7.99. The number of nitrogens with one attached hydrogen (secondary N) is 2. The molecule has 0 unspecified atom stereocenters. The van der Waals surface area contributed by atoms with Gasteiger partial charge in [-0.15, -0.1) is 0 Å². The number of phenolic OH excluding ortho intramolecular Hbond substituents is 1. The Morgan fingerprint density at radius 3 is 2.70 bits per heavy atom. The van der Waals surface area contributed by atoms with Crippen LogP contribution in [-0.2, 0) is 9.53 Å². The Morgan fingerprint density at radius 1 is 1.35 bits per heavy atom. The summed E-state index contributed by atoms with van der Waals surface area (Å²) >= 11 is 7.16. The van der Waals surface area contributed by atoms with Crippen molar-refractivity contribution in [2.24, 2.45) is 0 Å². The van der Waals surface area contributed by atoms with E-state index in [0.29, 0.717) is 17.3 Å². The van der Waals surface area contributed by atoms with E-state index >= 15 is 0 Å². The van der Waals surface area contributed by atoms with Crippen LogP contribution in [0.15, 0.2) is 18.2 Å². The molecule has 0 radical (unpaired) electrons. The molecule has 23 heavy (non-hydrogen) atoms. The van der Waals surface area contributed by atoms with Gasteiger partial charge in [0.2, 0.25) is 5.91 Å². The Balaban J connectivity index is 2.22. The number of anilines is 1. The third-order valence-corrected chi connectivity index (χ3v) is 3.57. The van der Waals surface area contributed by atoms with Crippen molar-refractivity contribution >= 4 is 41.1 Å². The van der Waals surface area contributed by atoms with E-state index in [0.717, 1.165) is 0 Å². The molecule has 8 heteroatoms. The third-order valence-electron chi connectivity index (χ3n) is 2.38. The van der Waals surface area contributed by atoms with Crippen molar-refractivity contribution in [2.75, 3.05) is 23.4 Å². The van der Waals surface area contributed by atoms with Gasteiger partial charge in [0, 0.05) is 17.3 Å². The van der Waals surface area contributed by atoms with E-state index in [-0.39, 0.29) is 23.1 Å². The molecule has 0 aromatic heterocycles. The Hall–Kier alpha value is -1.60. The van der Waals surface area contributed by atoms with E-state index in [1.165, 1.54) is 30.0 Å². The minimum absolute atomic E-state index is 0.0423. The summed E-state index contributed by atoms with van der Waals surface area (Å²) in [6.07, 6.45) is -0.480. The predicted octanol–water partition coefficient (Wildman–Crippen LogP) is 3.24. The number of benzene rings is 1. The average molecular weight is 361 g/mol. The quantitative estimate of drug-likeness (QED) is 0.535. The van der Waals surface area contributed by atoms with Crippen LogP contribution in [0.3, 0.4) is 0 Å². The summed E-state index contributed by atoms with van der Waals surface area (Å²) in [6.45, 7) is 5.76. The Kier molecular flexibility index (Phi) is 7.51. The molecule has 6 nitrogen and oxygen atoms in total. The molecule has 0 saturated carbocycles. The second kappa shape index (κ2) is 8.88. The molecule has 0 aliphatic rings. The van der Waals surface area contributed by atoms with Gasteiger partial charge in [0.25, 0.3) is 0 Å². The van der Waals surface area contributed by atoms with Crippen molar-refractivity contribution in [1.29, 1.82) is 0 Å². The number of amides is 2. The minimum atomic E-state index is -0.532. The number of carbonyl (C=O) groups is 2. The number of thioether (sulfide) groups is 1. The van der Waals surface area contributed by atoms with Crippen LogP contribution >= 0.6 is 23.4 Å². The second-order valence-corrected chi connectivity index (χ2v) is 7.23. The number of ether oxygens (including phenoxy) is 1. The van der Waals surface area contributed by atoms with Crippen molar-refractivity contribution in [3.05, 3.63) is 23.2 Å². The molecule has 0 heterocycles. The largest absolute Gasteiger partial charge is 0.506 e. The maximum atomic E-state index is 11.8. The lowest BCUT2D eigenvalue weighted by Crippen LogP contribution is -2.33. The summed E-state index contributed by atoms with van der Waals surface area (Å²) in [7, 11) is 0. The number of halogens is 1. The van der Waals surface area contributed by atoms with Crippen LogP contribution in [0.5, 0.6) is 5.75 Å². The molecule has 128 valence electrons. The van der Waals surface area contributed by atoms with E-state index in [4.69, 9.17) is 16.3 Å². The normalized spacial score (nSPS) is 11.0. The third kappa shape index (κ3) is 8.56. The zero-order valence-electron chi connectivity index (χ0n) is 13.3. The topological polar surface area (TPSA) is 87.7 Å². The van der Waals surface area contributed by atoms with Gasteiger partial charge in [0.15, 0.2) is 0 Å². The van der Waals surface area contributed by atoms with Crippen LogP contribution in [0.4, 0.5) is 10.5 Å². The molecular formula is C15H21ClN2O4S. The van der Waals surface area contributed by atoms with Gasteiger partial charge < -0.3 is 20.5 Å². The Labute approximate surface area is 144 Å². The van der Waals surface area contributed by atoms with Gasteiger partial charge in [0.1, 0.15) is 11.4 Å². The first kappa shape index (κ1) is 19.4. The smallest absolute Gasteiger partial charge is 0.407 e. The molecular weight excluding hydrogens is 340 g/mol. The van der Waals surface area contributed by atoms with Crippen LogP contribution in [0.2, 0.25) is 5.02 Å². The standard InChI is InChI=1S/C15H21ClN2O4S/c1-15(2,3)22-14(21)17-6-7-23-9-13(20)18-11-8-10(16)4-5-12(11)19/h4-5,8,19H,6-7,9H2,1-3H3,(H,17,21)(H,18,20). The maximum Gasteiger partial charge on any atom is 0.407 e. The average Bonchev–Trinajstić information content (AvgIpc) is 2.40. The first-order valence-electron chi connectivity index (χ1n) is 7.00. The summed E-state index contributed by atoms with van der Waals surface area (Å²) in [5, 5.41) is 15.2. The Bertz CT molecular complexity index is 561. The minimum Gasteiger partial charge on any atom is -0.506 e. The number of rotatable bonds is 6. The lowest BCUT2D eigenvalue weighted by molar-refractivity contribution is -0.113. The lowest BCUT2D eigenvalue weighted by Gasteiger charge is -2.19. The number of carbonyl (C=O) groups excluding carboxylic acids is 2. The molecule has 0 spiro atoms. The highest BCUT2D eigenvalue weighted by atomic mass is 35.5. The second-order valence-electron chi connectivity index (χ2n) is 5.69. The number of aromatic hydroxyl groups is 1. The fourth-order valence-electron chi connectivity index (χ4n) is 1.50. The zero-order valence-corrected chi connectivity index (χ0v) is 14.9. The summed E-state index contributed by atoms with van der Waals surface area (Å²) < 4.78 is 5.09. The molecule has 3 N–H and O–H groups in total. The van der Waals surface area contributed by atoms with Crippen molar-refractivity contribution < 1.29 is 19.4 Å². The van der Waals surface area contributed by atoms with Crippen LogP contribution in [0.25, 0.3) is 0 Å². The van der Waals surface area contributed by atoms with Crippen molar-refractivity contribution in [2.45, 2.75) is 26.4 Å². The van der Waals surface area contributed by atoms with Crippen LogP contribution in [-0.4, -0.2) is 40.8 Å². The van der Waals surface area contributed by atoms with Gasteiger partial charge in [-0.2, -0.15) is 11.8 Å². The fourth-order valence-corrected chi connectivity index (χ4v) is 2.32. The lowest BCUT2D eigenvalue weighted by atomic mass is 10.2. The molecule has 2 amide bonds. The molecule has 0 aliphatic carbocycles. The predicted molar refractivity (Wildman–Crippen MR) is 93.3 cm³/mol. The monoisotopic (exact) mass is 360 g/mol. The van der Waals surface area contributed by atoms with E-state index in [9.17, 15) is 14.7 Å².